The maximum atomic E-state index is 10.2. The fraction of sp³-hybridized carbons (Fsp3) is 1.00. The summed E-state index contributed by atoms with van der Waals surface area (Å²) in [5.74, 6) is 0.420. The molecule has 0 aromatic rings. The fourth-order valence-electron chi connectivity index (χ4n) is 4.67. The van der Waals surface area contributed by atoms with Crippen molar-refractivity contribution in [2.75, 3.05) is 33.2 Å². The van der Waals surface area contributed by atoms with Gasteiger partial charge in [0.25, 0.3) is 0 Å². The Hall–Kier alpha value is -0.160. The predicted octanol–water partition coefficient (Wildman–Crippen LogP) is 1.53. The number of likely N-dealkylation sites (N-methyl/N-ethyl adjacent to an activating group) is 1. The summed E-state index contributed by atoms with van der Waals surface area (Å²) in [6, 6.07) is 0.703. The normalized spacial score (nSPS) is 37.9. The minimum atomic E-state index is -0.547. The van der Waals surface area contributed by atoms with E-state index in [0.29, 0.717) is 12.0 Å². The van der Waals surface area contributed by atoms with Gasteiger partial charge in [-0.05, 0) is 64.6 Å². The third-order valence-corrected chi connectivity index (χ3v) is 6.00. The second-order valence-electron chi connectivity index (χ2n) is 8.28. The quantitative estimate of drug-likeness (QED) is 0.829. The van der Waals surface area contributed by atoms with Gasteiger partial charge in [0.15, 0.2) is 0 Å². The van der Waals surface area contributed by atoms with Crippen LogP contribution in [0.25, 0.3) is 0 Å². The van der Waals surface area contributed by atoms with Gasteiger partial charge in [0, 0.05) is 25.2 Å². The molecule has 0 aromatic heterocycles. The van der Waals surface area contributed by atoms with E-state index in [2.05, 4.69) is 30.7 Å². The first-order valence-electron chi connectivity index (χ1n) is 8.58. The van der Waals surface area contributed by atoms with Crippen LogP contribution in [0.5, 0.6) is 0 Å². The van der Waals surface area contributed by atoms with Crippen LogP contribution in [0.3, 0.4) is 0 Å². The lowest BCUT2D eigenvalue weighted by Gasteiger charge is -2.54. The van der Waals surface area contributed by atoms with Crippen molar-refractivity contribution in [2.24, 2.45) is 17.1 Å². The van der Waals surface area contributed by atoms with E-state index in [4.69, 9.17) is 5.73 Å². The minimum Gasteiger partial charge on any atom is -0.390 e. The number of aliphatic hydroxyl groups is 1. The van der Waals surface area contributed by atoms with Gasteiger partial charge >= 0.3 is 0 Å². The van der Waals surface area contributed by atoms with Gasteiger partial charge in [-0.2, -0.15) is 0 Å². The van der Waals surface area contributed by atoms with Crippen LogP contribution in [0.4, 0.5) is 0 Å². The van der Waals surface area contributed by atoms with Crippen LogP contribution in [-0.2, 0) is 0 Å². The monoisotopic (exact) mass is 297 g/mol. The van der Waals surface area contributed by atoms with Crippen molar-refractivity contribution in [3.63, 3.8) is 0 Å². The molecule has 2 saturated heterocycles. The number of nitrogens with zero attached hydrogens (tertiary/aromatic N) is 2. The Labute approximate surface area is 130 Å². The molecule has 0 saturated carbocycles. The molecule has 2 rings (SSSR count). The van der Waals surface area contributed by atoms with Gasteiger partial charge in [-0.25, -0.2) is 0 Å². The first-order valence-corrected chi connectivity index (χ1v) is 8.58. The van der Waals surface area contributed by atoms with Crippen LogP contribution in [0.1, 0.15) is 47.0 Å². The molecule has 4 heteroatoms. The number of rotatable bonds is 3. The van der Waals surface area contributed by atoms with Crippen LogP contribution in [0.2, 0.25) is 0 Å². The number of hydrogen-bond donors (Lipinski definition) is 2. The molecule has 0 aromatic carbocycles. The Morgan fingerprint density at radius 2 is 1.86 bits per heavy atom. The molecule has 2 heterocycles. The predicted molar refractivity (Wildman–Crippen MR) is 88.3 cm³/mol. The van der Waals surface area contributed by atoms with E-state index in [0.717, 1.165) is 39.0 Å². The lowest BCUT2D eigenvalue weighted by molar-refractivity contribution is -0.0562. The summed E-state index contributed by atoms with van der Waals surface area (Å²) in [6.45, 7) is 12.9. The summed E-state index contributed by atoms with van der Waals surface area (Å²) in [6.07, 6.45) is 3.34. The summed E-state index contributed by atoms with van der Waals surface area (Å²) in [5, 5.41) is 10.2. The highest BCUT2D eigenvalue weighted by atomic mass is 16.3. The molecule has 4 nitrogen and oxygen atoms in total. The fourth-order valence-corrected chi connectivity index (χ4v) is 4.67. The van der Waals surface area contributed by atoms with Crippen LogP contribution >= 0.6 is 0 Å². The zero-order valence-corrected chi connectivity index (χ0v) is 14.6. The molecule has 0 amide bonds. The largest absolute Gasteiger partial charge is 0.390 e. The minimum absolute atomic E-state index is 0.229. The standard InChI is InChI=1S/C17H35N3O/c1-6-17(4)12-19(5)11-14(18)15(17)20-9-7-13(8-10-20)16(2,3)21/h13-15,21H,6-12,18H2,1-5H3. The van der Waals surface area contributed by atoms with Crippen LogP contribution in [-0.4, -0.2) is 65.8 Å². The number of piperidine rings is 2. The molecule has 0 spiro atoms. The van der Waals surface area contributed by atoms with Gasteiger partial charge in [-0.1, -0.05) is 13.8 Å². The lowest BCUT2D eigenvalue weighted by Crippen LogP contribution is -2.67. The zero-order valence-electron chi connectivity index (χ0n) is 14.6. The molecule has 0 radical (unpaired) electrons. The Bertz CT molecular complexity index is 346. The van der Waals surface area contributed by atoms with Crippen molar-refractivity contribution >= 4 is 0 Å². The average Bonchev–Trinajstić information content (AvgIpc) is 2.37. The molecule has 3 atom stereocenters. The Balaban J connectivity index is 2.07. The van der Waals surface area contributed by atoms with Crippen molar-refractivity contribution < 1.29 is 5.11 Å². The lowest BCUT2D eigenvalue weighted by atomic mass is 9.71. The van der Waals surface area contributed by atoms with Gasteiger partial charge in [-0.3, -0.25) is 4.90 Å². The van der Waals surface area contributed by atoms with E-state index in [1.54, 1.807) is 0 Å². The Kier molecular flexibility index (Phi) is 5.04. The maximum Gasteiger partial charge on any atom is 0.0620 e. The molecule has 3 unspecified atom stereocenters. The molecule has 2 aliphatic heterocycles. The molecule has 2 fully saturated rings. The highest BCUT2D eigenvalue weighted by Gasteiger charge is 2.46. The number of hydrogen-bond acceptors (Lipinski definition) is 4. The molecule has 21 heavy (non-hydrogen) atoms. The zero-order chi connectivity index (χ0) is 15.8. The van der Waals surface area contributed by atoms with Crippen LogP contribution in [0.15, 0.2) is 0 Å². The SMILES string of the molecule is CCC1(C)CN(C)CC(N)C1N1CCC(C(C)(C)O)CC1. The van der Waals surface area contributed by atoms with Crippen molar-refractivity contribution in [1.29, 1.82) is 0 Å². The summed E-state index contributed by atoms with van der Waals surface area (Å²) in [5.41, 5.74) is 6.26. The van der Waals surface area contributed by atoms with Crippen LogP contribution < -0.4 is 5.73 Å². The van der Waals surface area contributed by atoms with Gasteiger partial charge < -0.3 is 15.7 Å². The molecule has 3 N–H and O–H groups in total. The first-order chi connectivity index (χ1) is 9.67. The summed E-state index contributed by atoms with van der Waals surface area (Å²) in [7, 11) is 2.19. The molecule has 0 bridgehead atoms. The topological polar surface area (TPSA) is 52.7 Å². The Morgan fingerprint density at radius 1 is 1.29 bits per heavy atom. The Morgan fingerprint density at radius 3 is 2.33 bits per heavy atom. The molecule has 124 valence electrons. The van der Waals surface area contributed by atoms with E-state index in [-0.39, 0.29) is 11.5 Å². The molecule has 2 aliphatic rings. The smallest absolute Gasteiger partial charge is 0.0620 e. The third kappa shape index (κ3) is 3.61. The molecular formula is C17H35N3O. The van der Waals surface area contributed by atoms with E-state index in [1.165, 1.54) is 6.42 Å². The van der Waals surface area contributed by atoms with Gasteiger partial charge in [0.2, 0.25) is 0 Å². The third-order valence-electron chi connectivity index (χ3n) is 6.00. The first kappa shape index (κ1) is 17.2. The highest BCUT2D eigenvalue weighted by molar-refractivity contribution is 5.02. The van der Waals surface area contributed by atoms with E-state index >= 15 is 0 Å². The van der Waals surface area contributed by atoms with Crippen molar-refractivity contribution in [3.8, 4) is 0 Å². The highest BCUT2D eigenvalue weighted by Crippen LogP contribution is 2.38. The van der Waals surface area contributed by atoms with E-state index in [1.807, 2.05) is 13.8 Å². The van der Waals surface area contributed by atoms with E-state index in [9.17, 15) is 5.11 Å². The van der Waals surface area contributed by atoms with Crippen molar-refractivity contribution in [3.05, 3.63) is 0 Å². The van der Waals surface area contributed by atoms with Gasteiger partial charge in [0.1, 0.15) is 0 Å². The van der Waals surface area contributed by atoms with Gasteiger partial charge in [-0.15, -0.1) is 0 Å². The second kappa shape index (κ2) is 6.15. The molecule has 0 aliphatic carbocycles. The van der Waals surface area contributed by atoms with Crippen LogP contribution in [0, 0.1) is 11.3 Å². The summed E-state index contributed by atoms with van der Waals surface area (Å²) in [4.78, 5) is 5.00. The maximum absolute atomic E-state index is 10.2. The average molecular weight is 297 g/mol. The summed E-state index contributed by atoms with van der Waals surface area (Å²) >= 11 is 0. The van der Waals surface area contributed by atoms with Gasteiger partial charge in [0.05, 0.1) is 5.60 Å². The number of nitrogens with two attached hydrogens (primary N) is 1. The molecular weight excluding hydrogens is 262 g/mol. The number of likely N-dealkylation sites (tertiary alicyclic amines) is 2. The van der Waals surface area contributed by atoms with Crippen molar-refractivity contribution in [1.82, 2.24) is 9.80 Å². The van der Waals surface area contributed by atoms with E-state index < -0.39 is 5.60 Å². The summed E-state index contributed by atoms with van der Waals surface area (Å²) < 4.78 is 0. The second-order valence-corrected chi connectivity index (χ2v) is 8.28. The van der Waals surface area contributed by atoms with Crippen molar-refractivity contribution in [2.45, 2.75) is 64.6 Å².